The molecule has 0 fully saturated rings. The molecule has 1 aliphatic carbocycles. The highest BCUT2D eigenvalue weighted by atomic mass is 16.1. The Morgan fingerprint density at radius 2 is 1.48 bits per heavy atom. The molecule has 0 spiro atoms. The number of carbonyl (C=O) groups is 1. The van der Waals surface area contributed by atoms with E-state index < -0.39 is 0 Å². The molecule has 2 heteroatoms. The topological polar surface area (TPSA) is 30.0 Å². The molecule has 0 saturated carbocycles. The zero-order valence-electron chi connectivity index (χ0n) is 15.6. The van der Waals surface area contributed by atoms with Gasteiger partial charge in [0.2, 0.25) is 0 Å². The van der Waals surface area contributed by atoms with Crippen molar-refractivity contribution in [2.24, 2.45) is 0 Å². The van der Waals surface area contributed by atoms with Crippen LogP contribution in [0.15, 0.2) is 60.7 Å². The molecule has 5 rings (SSSR count). The molecule has 1 aliphatic rings. The first-order valence-corrected chi connectivity index (χ1v) is 9.20. The highest BCUT2D eigenvalue weighted by Crippen LogP contribution is 2.41. The molecule has 1 heterocycles. The van der Waals surface area contributed by atoms with Crippen LogP contribution in [-0.4, -0.2) is 10.8 Å². The van der Waals surface area contributed by atoms with E-state index in [4.69, 9.17) is 4.98 Å². The van der Waals surface area contributed by atoms with Gasteiger partial charge in [-0.2, -0.15) is 0 Å². The predicted molar refractivity (Wildman–Crippen MR) is 110 cm³/mol. The van der Waals surface area contributed by atoms with Gasteiger partial charge in [-0.25, -0.2) is 4.98 Å². The summed E-state index contributed by atoms with van der Waals surface area (Å²) in [6.45, 7) is 6.20. The third kappa shape index (κ3) is 2.33. The first-order valence-electron chi connectivity index (χ1n) is 9.20. The predicted octanol–water partition coefficient (Wildman–Crippen LogP) is 6.04. The van der Waals surface area contributed by atoms with Gasteiger partial charge in [-0.15, -0.1) is 0 Å². The summed E-state index contributed by atoms with van der Waals surface area (Å²) in [5, 5.41) is 0.932. The molecule has 0 bridgehead atoms. The fourth-order valence-corrected chi connectivity index (χ4v) is 4.28. The van der Waals surface area contributed by atoms with Gasteiger partial charge in [-0.3, -0.25) is 4.79 Å². The summed E-state index contributed by atoms with van der Waals surface area (Å²) >= 11 is 0. The number of benzene rings is 3. The smallest absolute Gasteiger partial charge is 0.195 e. The van der Waals surface area contributed by atoms with Gasteiger partial charge in [0.05, 0.1) is 11.2 Å². The summed E-state index contributed by atoms with van der Waals surface area (Å²) in [7, 11) is 0. The van der Waals surface area contributed by atoms with E-state index in [0.717, 1.165) is 50.0 Å². The molecule has 0 radical (unpaired) electrons. The maximum Gasteiger partial charge on any atom is 0.195 e. The molecule has 0 saturated heterocycles. The minimum atomic E-state index is 0.115. The van der Waals surface area contributed by atoms with Crippen LogP contribution >= 0.6 is 0 Å². The summed E-state index contributed by atoms with van der Waals surface area (Å²) in [6.07, 6.45) is 0. The Bertz CT molecular complexity index is 1250. The van der Waals surface area contributed by atoms with E-state index in [1.807, 2.05) is 49.4 Å². The molecule has 0 atom stereocenters. The maximum atomic E-state index is 13.1. The Hall–Kier alpha value is -3.26. The van der Waals surface area contributed by atoms with Crippen LogP contribution in [0.4, 0.5) is 0 Å². The number of aryl methyl sites for hydroxylation is 3. The van der Waals surface area contributed by atoms with Crippen molar-refractivity contribution in [2.75, 3.05) is 0 Å². The Labute approximate surface area is 158 Å². The molecule has 27 heavy (non-hydrogen) atoms. The number of hydrogen-bond acceptors (Lipinski definition) is 2. The van der Waals surface area contributed by atoms with E-state index in [1.165, 1.54) is 11.1 Å². The lowest BCUT2D eigenvalue weighted by Crippen LogP contribution is -1.99. The first kappa shape index (κ1) is 16.0. The Kier molecular flexibility index (Phi) is 3.32. The summed E-state index contributed by atoms with van der Waals surface area (Å²) in [5.74, 6) is 0.115. The second kappa shape index (κ2) is 5.62. The molecule has 0 aliphatic heterocycles. The largest absolute Gasteiger partial charge is 0.289 e. The lowest BCUT2D eigenvalue weighted by molar-refractivity contribution is 0.104. The lowest BCUT2D eigenvalue weighted by Gasteiger charge is -2.08. The number of rotatable bonds is 1. The van der Waals surface area contributed by atoms with E-state index in [2.05, 4.69) is 32.0 Å². The highest BCUT2D eigenvalue weighted by Gasteiger charge is 2.29. The molecule has 130 valence electrons. The Morgan fingerprint density at radius 3 is 2.26 bits per heavy atom. The maximum absolute atomic E-state index is 13.1. The van der Waals surface area contributed by atoms with Crippen LogP contribution in [0.2, 0.25) is 0 Å². The van der Waals surface area contributed by atoms with E-state index in [1.54, 1.807) is 0 Å². The average molecular weight is 349 g/mol. The van der Waals surface area contributed by atoms with Crippen LogP contribution in [0, 0.1) is 20.8 Å². The van der Waals surface area contributed by atoms with Crippen molar-refractivity contribution >= 4 is 16.7 Å². The molecule has 0 amide bonds. The van der Waals surface area contributed by atoms with Gasteiger partial charge in [0.25, 0.3) is 0 Å². The number of hydrogen-bond donors (Lipinski definition) is 0. The molecule has 1 aromatic heterocycles. The number of pyridine rings is 1. The van der Waals surface area contributed by atoms with E-state index in [0.29, 0.717) is 0 Å². The Morgan fingerprint density at radius 1 is 0.741 bits per heavy atom. The monoisotopic (exact) mass is 349 g/mol. The van der Waals surface area contributed by atoms with Crippen LogP contribution in [0.5, 0.6) is 0 Å². The fourth-order valence-electron chi connectivity index (χ4n) is 4.28. The summed E-state index contributed by atoms with van der Waals surface area (Å²) < 4.78 is 0. The molecule has 4 aromatic rings. The van der Waals surface area contributed by atoms with Gasteiger partial charge in [-0.05, 0) is 67.8 Å². The summed E-state index contributed by atoms with van der Waals surface area (Å²) in [4.78, 5) is 18.0. The van der Waals surface area contributed by atoms with Crippen molar-refractivity contribution in [2.45, 2.75) is 20.8 Å². The molecular formula is C25H19NO. The zero-order chi connectivity index (χ0) is 18.7. The van der Waals surface area contributed by atoms with Gasteiger partial charge in [0.15, 0.2) is 5.78 Å². The minimum Gasteiger partial charge on any atom is -0.289 e. The van der Waals surface area contributed by atoms with Gasteiger partial charge < -0.3 is 0 Å². The number of ketones is 1. The van der Waals surface area contributed by atoms with Crippen molar-refractivity contribution in [1.29, 1.82) is 0 Å². The second-order valence-electron chi connectivity index (χ2n) is 7.45. The summed E-state index contributed by atoms with van der Waals surface area (Å²) in [5.41, 5.74) is 10.1. The van der Waals surface area contributed by atoms with Crippen LogP contribution in [0.25, 0.3) is 33.3 Å². The number of aromatic nitrogens is 1. The molecule has 2 nitrogen and oxygen atoms in total. The quantitative estimate of drug-likeness (QED) is 0.369. The van der Waals surface area contributed by atoms with Crippen LogP contribution < -0.4 is 0 Å². The van der Waals surface area contributed by atoms with Gasteiger partial charge in [0.1, 0.15) is 0 Å². The van der Waals surface area contributed by atoms with Crippen molar-refractivity contribution in [1.82, 2.24) is 4.98 Å². The Balaban J connectivity index is 1.73. The molecule has 3 aromatic carbocycles. The molecule has 0 unspecified atom stereocenters. The van der Waals surface area contributed by atoms with Gasteiger partial charge in [0, 0.05) is 22.1 Å². The third-order valence-corrected chi connectivity index (χ3v) is 5.41. The third-order valence-electron chi connectivity index (χ3n) is 5.41. The second-order valence-corrected chi connectivity index (χ2v) is 7.45. The van der Waals surface area contributed by atoms with Gasteiger partial charge >= 0.3 is 0 Å². The first-order chi connectivity index (χ1) is 13.0. The highest BCUT2D eigenvalue weighted by molar-refractivity contribution is 6.27. The minimum absolute atomic E-state index is 0.115. The van der Waals surface area contributed by atoms with Gasteiger partial charge in [-0.1, -0.05) is 41.5 Å². The van der Waals surface area contributed by atoms with Crippen LogP contribution in [0.3, 0.4) is 0 Å². The zero-order valence-corrected chi connectivity index (χ0v) is 15.6. The lowest BCUT2D eigenvalue weighted by atomic mass is 9.99. The normalized spacial score (nSPS) is 12.3. The van der Waals surface area contributed by atoms with Crippen molar-refractivity contribution < 1.29 is 4.79 Å². The summed E-state index contributed by atoms with van der Waals surface area (Å²) in [6, 6.07) is 20.7. The van der Waals surface area contributed by atoms with E-state index >= 15 is 0 Å². The van der Waals surface area contributed by atoms with E-state index in [9.17, 15) is 4.79 Å². The van der Waals surface area contributed by atoms with Crippen molar-refractivity contribution in [3.8, 4) is 22.4 Å². The van der Waals surface area contributed by atoms with Crippen LogP contribution in [0.1, 0.15) is 32.6 Å². The van der Waals surface area contributed by atoms with Crippen molar-refractivity contribution in [3.63, 3.8) is 0 Å². The number of fused-ring (bicyclic) bond motifs is 5. The fraction of sp³-hybridized carbons (Fsp3) is 0.120. The van der Waals surface area contributed by atoms with Crippen LogP contribution in [-0.2, 0) is 0 Å². The molecule has 0 N–H and O–H groups in total. The van der Waals surface area contributed by atoms with Crippen molar-refractivity contribution in [3.05, 3.63) is 88.5 Å². The average Bonchev–Trinajstić information content (AvgIpc) is 2.94. The standard InChI is InChI=1S/C25H19NO/c1-14-11-15(2)13-17(12-14)21-9-8-20-22(26-21)10-7-19-18-6-4-5-16(3)23(18)25(27)24(19)20/h4-13H,1-3H3. The SMILES string of the molecule is Cc1cc(C)cc(-c2ccc3c4c(ccc3n2)-c2cccc(C)c2C4=O)c1. The number of carbonyl (C=O) groups excluding carboxylic acids is 1. The molecular weight excluding hydrogens is 330 g/mol. The van der Waals surface area contributed by atoms with E-state index in [-0.39, 0.29) is 5.78 Å². The number of nitrogens with zero attached hydrogens (tertiary/aromatic N) is 1.